The van der Waals surface area contributed by atoms with Crippen molar-refractivity contribution in [1.82, 2.24) is 10.2 Å². The Morgan fingerprint density at radius 3 is 2.33 bits per heavy atom. The van der Waals surface area contributed by atoms with Gasteiger partial charge in [0.25, 0.3) is 0 Å². The number of benzene rings is 2. The molecule has 0 aliphatic heterocycles. The summed E-state index contributed by atoms with van der Waals surface area (Å²) in [6, 6.07) is 11.9. The van der Waals surface area contributed by atoms with E-state index in [1.807, 2.05) is 30.3 Å². The minimum Gasteiger partial charge on any atom is -0.497 e. The number of anilines is 2. The molecule has 1 aromatic heterocycles. The minimum absolute atomic E-state index is 0.555. The van der Waals surface area contributed by atoms with Crippen LogP contribution in [-0.4, -0.2) is 58.0 Å². The van der Waals surface area contributed by atoms with E-state index in [0.717, 1.165) is 64.8 Å². The van der Waals surface area contributed by atoms with Crippen LogP contribution in [0.25, 0.3) is 11.3 Å². The van der Waals surface area contributed by atoms with E-state index < -0.39 is 0 Å². The topological polar surface area (TPSA) is 86.9 Å². The molecule has 0 amide bonds. The molecule has 0 saturated carbocycles. The predicted octanol–water partition coefficient (Wildman–Crippen LogP) is 4.56. The Morgan fingerprint density at radius 1 is 0.909 bits per heavy atom. The number of hydrogen-bond donors (Lipinski definition) is 2. The molecule has 0 fully saturated rings. The van der Waals surface area contributed by atoms with Crippen molar-refractivity contribution in [3.8, 4) is 28.5 Å². The summed E-state index contributed by atoms with van der Waals surface area (Å²) in [5, 5.41) is 11.1. The normalized spacial score (nSPS) is 11.7. The van der Waals surface area contributed by atoms with E-state index in [0.29, 0.717) is 26.4 Å². The molecule has 0 radical (unpaired) electrons. The number of fused-ring (bicyclic) bond motifs is 3. The molecule has 8 nitrogen and oxygen atoms in total. The van der Waals surface area contributed by atoms with Crippen LogP contribution in [0.5, 0.6) is 17.2 Å². The largest absolute Gasteiger partial charge is 0.497 e. The first-order valence-electron chi connectivity index (χ1n) is 11.1. The van der Waals surface area contributed by atoms with Gasteiger partial charge in [0.15, 0.2) is 17.3 Å². The van der Waals surface area contributed by atoms with Crippen LogP contribution < -0.4 is 19.5 Å². The SMILES string of the molecule is COCCCOc1cc2c(cc1OCCCOC)-c1[nH]nc(Nc3cccc(OC)c3)c1C2. The molecule has 1 aliphatic carbocycles. The number of ether oxygens (including phenoxy) is 5. The number of H-pyrrole nitrogens is 1. The Hall–Kier alpha value is -3.23. The summed E-state index contributed by atoms with van der Waals surface area (Å²) in [4.78, 5) is 0. The number of nitrogens with zero attached hydrogens (tertiary/aromatic N) is 1. The van der Waals surface area contributed by atoms with Gasteiger partial charge < -0.3 is 29.0 Å². The Balaban J connectivity index is 1.55. The summed E-state index contributed by atoms with van der Waals surface area (Å²) >= 11 is 0. The summed E-state index contributed by atoms with van der Waals surface area (Å²) in [6.45, 7) is 2.43. The van der Waals surface area contributed by atoms with E-state index in [1.165, 1.54) is 5.56 Å². The molecule has 0 bridgehead atoms. The highest BCUT2D eigenvalue weighted by atomic mass is 16.5. The molecule has 3 aromatic rings. The van der Waals surface area contributed by atoms with Gasteiger partial charge in [0.05, 0.1) is 26.0 Å². The van der Waals surface area contributed by atoms with Crippen molar-refractivity contribution in [1.29, 1.82) is 0 Å². The molecule has 0 spiro atoms. The van der Waals surface area contributed by atoms with E-state index in [1.54, 1.807) is 21.3 Å². The zero-order chi connectivity index (χ0) is 23.0. The zero-order valence-electron chi connectivity index (χ0n) is 19.4. The monoisotopic (exact) mass is 453 g/mol. The van der Waals surface area contributed by atoms with Gasteiger partial charge in [-0.25, -0.2) is 0 Å². The van der Waals surface area contributed by atoms with Crippen molar-refractivity contribution in [3.63, 3.8) is 0 Å². The Labute approximate surface area is 194 Å². The maximum Gasteiger partial charge on any atom is 0.161 e. The molecule has 1 heterocycles. The molecule has 2 N–H and O–H groups in total. The molecule has 2 aromatic carbocycles. The smallest absolute Gasteiger partial charge is 0.161 e. The summed E-state index contributed by atoms with van der Waals surface area (Å²) < 4.78 is 27.7. The molecule has 1 aliphatic rings. The lowest BCUT2D eigenvalue weighted by molar-refractivity contribution is 0.163. The van der Waals surface area contributed by atoms with E-state index in [4.69, 9.17) is 23.7 Å². The van der Waals surface area contributed by atoms with Gasteiger partial charge in [-0.1, -0.05) is 6.07 Å². The fraction of sp³-hybridized carbons (Fsp3) is 0.400. The third kappa shape index (κ3) is 5.40. The third-order valence-electron chi connectivity index (χ3n) is 5.51. The average Bonchev–Trinajstić information content (AvgIpc) is 3.39. The molecule has 8 heteroatoms. The van der Waals surface area contributed by atoms with Gasteiger partial charge in [0, 0.05) is 69.6 Å². The first-order valence-corrected chi connectivity index (χ1v) is 11.1. The molecule has 4 rings (SSSR count). The molecule has 33 heavy (non-hydrogen) atoms. The van der Waals surface area contributed by atoms with Gasteiger partial charge in [-0.05, 0) is 29.8 Å². The second-order valence-electron chi connectivity index (χ2n) is 7.81. The second kappa shape index (κ2) is 11.1. The van der Waals surface area contributed by atoms with Gasteiger partial charge in [0.2, 0.25) is 0 Å². The highest BCUT2D eigenvalue weighted by Gasteiger charge is 2.27. The number of rotatable bonds is 13. The quantitative estimate of drug-likeness (QED) is 0.287. The fourth-order valence-electron chi connectivity index (χ4n) is 3.87. The standard InChI is InChI=1S/C25H31N3O5/c1-29-9-5-11-32-22-14-17-13-21-24(20(17)16-23(22)33-12-6-10-30-2)27-28-25(21)26-18-7-4-8-19(15-18)31-3/h4,7-8,14-16H,5-6,9-13H2,1-3H3,(H2,26,27,28). The summed E-state index contributed by atoms with van der Waals surface area (Å²) in [6.07, 6.45) is 2.38. The average molecular weight is 454 g/mol. The van der Waals surface area contributed by atoms with Gasteiger partial charge in [-0.2, -0.15) is 5.10 Å². The summed E-state index contributed by atoms with van der Waals surface area (Å²) in [7, 11) is 5.04. The van der Waals surface area contributed by atoms with Gasteiger partial charge in [-0.3, -0.25) is 5.10 Å². The fourth-order valence-corrected chi connectivity index (χ4v) is 3.87. The minimum atomic E-state index is 0.555. The van der Waals surface area contributed by atoms with Crippen molar-refractivity contribution < 1.29 is 23.7 Å². The van der Waals surface area contributed by atoms with E-state index >= 15 is 0 Å². The number of aromatic amines is 1. The molecular formula is C25H31N3O5. The lowest BCUT2D eigenvalue weighted by Gasteiger charge is -2.15. The van der Waals surface area contributed by atoms with Crippen LogP contribution >= 0.6 is 0 Å². The number of aromatic nitrogens is 2. The van der Waals surface area contributed by atoms with Crippen LogP contribution in [0.4, 0.5) is 11.5 Å². The Kier molecular flexibility index (Phi) is 7.70. The third-order valence-corrected chi connectivity index (χ3v) is 5.51. The van der Waals surface area contributed by atoms with E-state index in [-0.39, 0.29) is 0 Å². The molecule has 0 saturated heterocycles. The van der Waals surface area contributed by atoms with Gasteiger partial charge in [-0.15, -0.1) is 0 Å². The lowest BCUT2D eigenvalue weighted by atomic mass is 10.1. The van der Waals surface area contributed by atoms with E-state index in [2.05, 4.69) is 21.6 Å². The molecular weight excluding hydrogens is 422 g/mol. The van der Waals surface area contributed by atoms with Crippen molar-refractivity contribution in [2.24, 2.45) is 0 Å². The number of hydrogen-bond acceptors (Lipinski definition) is 7. The predicted molar refractivity (Wildman–Crippen MR) is 127 cm³/mol. The van der Waals surface area contributed by atoms with Crippen molar-refractivity contribution in [2.75, 3.05) is 53.1 Å². The first kappa shape index (κ1) is 22.9. The maximum atomic E-state index is 6.06. The van der Waals surface area contributed by atoms with Crippen molar-refractivity contribution >= 4 is 11.5 Å². The maximum absolute atomic E-state index is 6.06. The van der Waals surface area contributed by atoms with Crippen LogP contribution in [0.15, 0.2) is 36.4 Å². The van der Waals surface area contributed by atoms with Crippen molar-refractivity contribution in [2.45, 2.75) is 19.3 Å². The molecule has 0 unspecified atom stereocenters. The van der Waals surface area contributed by atoms with Gasteiger partial charge >= 0.3 is 0 Å². The molecule has 0 atom stereocenters. The van der Waals surface area contributed by atoms with Crippen LogP contribution in [0, 0.1) is 0 Å². The van der Waals surface area contributed by atoms with Crippen LogP contribution in [0.2, 0.25) is 0 Å². The number of methoxy groups -OCH3 is 3. The summed E-state index contributed by atoms with van der Waals surface area (Å²) in [5.41, 5.74) is 5.31. The first-order chi connectivity index (χ1) is 16.2. The molecule has 176 valence electrons. The summed E-state index contributed by atoms with van der Waals surface area (Å²) in [5.74, 6) is 3.08. The van der Waals surface area contributed by atoms with Crippen LogP contribution in [-0.2, 0) is 15.9 Å². The Bertz CT molecular complexity index is 1070. The highest BCUT2D eigenvalue weighted by Crippen LogP contribution is 2.44. The van der Waals surface area contributed by atoms with Crippen LogP contribution in [0.3, 0.4) is 0 Å². The lowest BCUT2D eigenvalue weighted by Crippen LogP contribution is -2.06. The van der Waals surface area contributed by atoms with Crippen molar-refractivity contribution in [3.05, 3.63) is 47.5 Å². The number of nitrogens with one attached hydrogen (secondary N) is 2. The zero-order valence-corrected chi connectivity index (χ0v) is 19.4. The second-order valence-corrected chi connectivity index (χ2v) is 7.81. The highest BCUT2D eigenvalue weighted by molar-refractivity contribution is 5.81. The van der Waals surface area contributed by atoms with Gasteiger partial charge in [0.1, 0.15) is 5.75 Å². The van der Waals surface area contributed by atoms with E-state index in [9.17, 15) is 0 Å². The Morgan fingerprint density at radius 2 is 1.64 bits per heavy atom. The van der Waals surface area contributed by atoms with Crippen LogP contribution in [0.1, 0.15) is 24.0 Å².